The number of phosphoric acid groups is 2. The molecule has 0 saturated heterocycles. The summed E-state index contributed by atoms with van der Waals surface area (Å²) in [5.41, 5.74) is 4.53. The van der Waals surface area contributed by atoms with Crippen LogP contribution in [0.25, 0.3) is 62.6 Å². The van der Waals surface area contributed by atoms with Gasteiger partial charge in [0.15, 0.2) is 11.5 Å². The topological polar surface area (TPSA) is 337 Å². The second kappa shape index (κ2) is 25.6. The Labute approximate surface area is 660 Å². The van der Waals surface area contributed by atoms with Crippen LogP contribution in [0.1, 0.15) is 107 Å². The van der Waals surface area contributed by atoms with Crippen molar-refractivity contribution in [1.82, 2.24) is 0 Å². The second-order valence-corrected chi connectivity index (χ2v) is 37.6. The molecule has 0 unspecified atom stereocenters. The Kier molecular flexibility index (Phi) is 17.1. The maximum atomic E-state index is 15.5. The third-order valence-corrected chi connectivity index (χ3v) is 30.7. The highest BCUT2D eigenvalue weighted by atomic mass is 35.5. The molecule has 0 spiro atoms. The van der Waals surface area contributed by atoms with Crippen molar-refractivity contribution >= 4 is 212 Å². The standard InChI is InChI=1S/C75H62Cl4N6O19P2S4/c1-33-23-107-63-45(11-47-59(55(33)63)37(15-76)19-80(47)67(86)72-27-74(28-72,29-72)69(88)82-21-39(17-78)61-49(82)13-53(103-105(95,96)97)65-57(61)35(3)25-109-65)43-9-41(84(91)92)5-7-51(43)101-71(90)102-52-8-6-42(85(93)94)10-44(52)46-12-48-60(56-34(2)24-108-64(46)56)38(16-77)20-81(48)68(87)73-30-75(31-73,32-73)70(89)83-22-40(18-79)62-50(83)14-54(104-106(98,99)100)66-58(62)36(4)26-110-66/h5-14,23-26,37-40H,15-22,27-32H2,1-4H3,(H2,95,96,97)(H2,98,99,100)/t37-,38-,39-,40-,72?,73?,74?,75?/m1/s1. The fourth-order valence-electron chi connectivity index (χ4n) is 19.4. The zero-order chi connectivity index (χ0) is 77.4. The number of aryl methyl sites for hydroxylation is 4. The van der Waals surface area contributed by atoms with E-state index in [4.69, 9.17) is 64.9 Å². The van der Waals surface area contributed by atoms with E-state index in [-0.39, 0.29) is 181 Å². The molecule has 25 nitrogen and oxygen atoms in total. The van der Waals surface area contributed by atoms with Gasteiger partial charge in [0.25, 0.3) is 11.4 Å². The molecule has 4 bridgehead atoms. The number of non-ortho nitro benzene ring substituents is 2. The Hall–Kier alpha value is -7.83. The van der Waals surface area contributed by atoms with Crippen molar-refractivity contribution in [2.24, 2.45) is 21.7 Å². The predicted octanol–water partition coefficient (Wildman–Crippen LogP) is 17.9. The number of benzene rings is 6. The van der Waals surface area contributed by atoms with Crippen molar-refractivity contribution in [2.75, 3.05) is 69.3 Å². The Morgan fingerprint density at radius 2 is 0.709 bits per heavy atom. The van der Waals surface area contributed by atoms with E-state index in [2.05, 4.69) is 0 Å². The summed E-state index contributed by atoms with van der Waals surface area (Å²) in [6.45, 7) is 8.26. The van der Waals surface area contributed by atoms with Gasteiger partial charge in [-0.1, -0.05) is 0 Å². The lowest BCUT2D eigenvalue weighted by atomic mass is 9.34. The van der Waals surface area contributed by atoms with Gasteiger partial charge in [0.1, 0.15) is 11.5 Å². The molecule has 8 heterocycles. The number of rotatable bonds is 18. The quantitative estimate of drug-likeness (QED) is 0.0155. The average molecular weight is 1680 g/mol. The lowest BCUT2D eigenvalue weighted by Crippen LogP contribution is -2.73. The number of carbonyl (C=O) groups is 5. The first-order valence-electron chi connectivity index (χ1n) is 34.9. The number of ether oxygens (including phenoxy) is 2. The maximum Gasteiger partial charge on any atom is 0.524 e. The minimum Gasteiger partial charge on any atom is -0.403 e. The fraction of sp³-hybridized carbons (Fsp3) is 0.347. The van der Waals surface area contributed by atoms with Crippen LogP contribution in [0.5, 0.6) is 23.0 Å². The number of alkyl halides is 4. The number of halogens is 4. The van der Waals surface area contributed by atoms with Crippen LogP contribution in [0.3, 0.4) is 0 Å². The van der Waals surface area contributed by atoms with Crippen LogP contribution in [0, 0.1) is 69.6 Å². The van der Waals surface area contributed by atoms with Gasteiger partial charge in [0.2, 0.25) is 23.6 Å². The smallest absolute Gasteiger partial charge is 0.403 e. The van der Waals surface area contributed by atoms with Gasteiger partial charge in [-0.2, -0.15) is 0 Å². The molecule has 35 heteroatoms. The molecule has 4 amide bonds. The Morgan fingerprint density at radius 3 is 0.982 bits per heavy atom. The minimum atomic E-state index is -5.03. The number of hydrogen-bond acceptors (Lipinski definition) is 19. The van der Waals surface area contributed by atoms with E-state index in [1.807, 2.05) is 49.2 Å². The molecule has 4 atom stereocenters. The van der Waals surface area contributed by atoms with Gasteiger partial charge in [-0.05, 0) is 157 Å². The first-order chi connectivity index (χ1) is 52.3. The zero-order valence-electron chi connectivity index (χ0n) is 58.4. The summed E-state index contributed by atoms with van der Waals surface area (Å²) in [4.78, 5) is 146. The van der Waals surface area contributed by atoms with E-state index in [1.54, 1.807) is 31.7 Å². The summed E-state index contributed by atoms with van der Waals surface area (Å²) in [6.07, 6.45) is -0.111. The molecule has 6 fully saturated rings. The summed E-state index contributed by atoms with van der Waals surface area (Å²) in [6, 6.07) is 13.8. The number of carbonyl (C=O) groups excluding carboxylic acids is 5. The van der Waals surface area contributed by atoms with Gasteiger partial charge >= 0.3 is 21.8 Å². The average Bonchev–Trinajstić information content (AvgIpc) is 0.963. The lowest BCUT2D eigenvalue weighted by molar-refractivity contribution is -0.385. The molecule has 10 aliphatic rings. The molecule has 110 heavy (non-hydrogen) atoms. The highest BCUT2D eigenvalue weighted by molar-refractivity contribution is 7.47. The van der Waals surface area contributed by atoms with Gasteiger partial charge in [0, 0.05) is 174 Å². The van der Waals surface area contributed by atoms with Crippen molar-refractivity contribution in [2.45, 2.75) is 89.9 Å². The second-order valence-electron chi connectivity index (χ2n) is 30.6. The normalized spacial score (nSPS) is 23.9. The molecule has 10 aromatic rings. The molecule has 4 aliphatic heterocycles. The number of anilines is 4. The number of nitrogens with zero attached hydrogens (tertiary/aromatic N) is 6. The van der Waals surface area contributed by atoms with Crippen LogP contribution in [-0.2, 0) is 28.3 Å². The van der Waals surface area contributed by atoms with Crippen LogP contribution in [0.2, 0.25) is 0 Å². The minimum absolute atomic E-state index is 0.0637. The van der Waals surface area contributed by atoms with E-state index in [0.717, 1.165) is 67.4 Å². The maximum absolute atomic E-state index is 15.5. The molecule has 6 aliphatic carbocycles. The number of thiophene rings is 4. The molecule has 4 N–H and O–H groups in total. The Morgan fingerprint density at radius 1 is 0.436 bits per heavy atom. The van der Waals surface area contributed by atoms with Crippen molar-refractivity contribution in [3.63, 3.8) is 0 Å². The van der Waals surface area contributed by atoms with Gasteiger partial charge in [-0.3, -0.25) is 59.0 Å². The molecule has 568 valence electrons. The number of nitro groups is 2. The molecular formula is C75H62Cl4N6O19P2S4. The monoisotopic (exact) mass is 1680 g/mol. The first kappa shape index (κ1) is 73.6. The Balaban J connectivity index is 0.640. The summed E-state index contributed by atoms with van der Waals surface area (Å²) < 4.78 is 49.5. The van der Waals surface area contributed by atoms with Gasteiger partial charge in [-0.15, -0.1) is 91.8 Å². The molecule has 0 radical (unpaired) electrons. The largest absolute Gasteiger partial charge is 0.524 e. The third kappa shape index (κ3) is 10.9. The van der Waals surface area contributed by atoms with Crippen LogP contribution in [-0.4, -0.2) is 109 Å². The van der Waals surface area contributed by atoms with E-state index in [9.17, 15) is 53.7 Å². The summed E-state index contributed by atoms with van der Waals surface area (Å²) in [7, 11) is -10.1. The van der Waals surface area contributed by atoms with Crippen molar-refractivity contribution in [3.8, 4) is 45.3 Å². The number of fused-ring (bicyclic) bond motifs is 12. The van der Waals surface area contributed by atoms with Crippen LogP contribution in [0.4, 0.5) is 38.9 Å². The highest BCUT2D eigenvalue weighted by Crippen LogP contribution is 2.77. The molecular weight excluding hydrogens is 1620 g/mol. The van der Waals surface area contributed by atoms with Crippen molar-refractivity contribution < 1.29 is 81.0 Å². The zero-order valence-corrected chi connectivity index (χ0v) is 66.5. The first-order valence-corrected chi connectivity index (χ1v) is 43.7. The van der Waals surface area contributed by atoms with E-state index < -0.39 is 53.3 Å². The van der Waals surface area contributed by atoms with Gasteiger partial charge in [-0.25, -0.2) is 13.9 Å². The van der Waals surface area contributed by atoms with Crippen LogP contribution < -0.4 is 38.1 Å². The van der Waals surface area contributed by atoms with E-state index >= 15 is 19.2 Å². The number of hydrogen-bond donors (Lipinski definition) is 4. The van der Waals surface area contributed by atoms with E-state index in [1.165, 1.54) is 81.7 Å². The number of amides is 4. The highest BCUT2D eigenvalue weighted by Gasteiger charge is 2.78. The predicted molar refractivity (Wildman–Crippen MR) is 423 cm³/mol. The summed E-state index contributed by atoms with van der Waals surface area (Å²) >= 11 is 32.1. The van der Waals surface area contributed by atoms with Crippen molar-refractivity contribution in [3.05, 3.63) is 147 Å². The molecule has 20 rings (SSSR count). The third-order valence-electron chi connectivity index (χ3n) is 23.9. The lowest BCUT2D eigenvalue weighted by Gasteiger charge is -2.69. The fourth-order valence-corrected chi connectivity index (χ4v) is 25.6. The van der Waals surface area contributed by atoms with Crippen LogP contribution >= 0.6 is 107 Å². The number of nitro benzene ring substituents is 2. The van der Waals surface area contributed by atoms with Gasteiger partial charge < -0.3 is 38.1 Å². The number of phosphoric ester groups is 2. The Bertz CT molecular complexity index is 5590. The summed E-state index contributed by atoms with van der Waals surface area (Å²) in [5.74, 6) is -2.36. The molecule has 6 aromatic carbocycles. The van der Waals surface area contributed by atoms with Gasteiger partial charge in [0.05, 0.1) is 52.3 Å². The molecule has 6 saturated carbocycles. The summed E-state index contributed by atoms with van der Waals surface area (Å²) in [5, 5.41) is 36.0. The molecule has 4 aromatic heterocycles. The van der Waals surface area contributed by atoms with Crippen molar-refractivity contribution in [1.29, 1.82) is 0 Å². The van der Waals surface area contributed by atoms with Crippen LogP contribution in [0.15, 0.2) is 82.2 Å². The van der Waals surface area contributed by atoms with E-state index in [0.29, 0.717) is 63.4 Å². The SMILES string of the molecule is Cc1csc2c(OP(=O)(O)O)cc3c(c12)[C@H](CCl)CN3C(=O)C12CC(C(=O)N3C[C@@H](CCl)c4c3cc(-c3cc([N+](=O)[O-])ccc3OC(=O)Oc3ccc([N+](=O)[O-])cc3-c3cc5c(c6c(C)csc36)[C@H](CCl)CN5C(=O)C35CC(C(=O)N6C[C@@H](CCl)c7c6cc(OP(=O)(O)O)c6scc(C)c76)(C3)C5)c3scc(C)c43)(C1)C2.